The van der Waals surface area contributed by atoms with E-state index in [-0.39, 0.29) is 11.5 Å². The van der Waals surface area contributed by atoms with Crippen LogP contribution in [0.2, 0.25) is 0 Å². The highest BCUT2D eigenvalue weighted by Crippen LogP contribution is 2.42. The summed E-state index contributed by atoms with van der Waals surface area (Å²) in [6.07, 6.45) is 1.68. The Hall–Kier alpha value is -1.66. The van der Waals surface area contributed by atoms with E-state index >= 15 is 0 Å². The molecular formula is C12H15N3O2S. The van der Waals surface area contributed by atoms with Crippen molar-refractivity contribution >= 4 is 33.5 Å². The molecule has 1 aromatic heterocycles. The third-order valence-electron chi connectivity index (χ3n) is 2.38. The number of thiazole rings is 1. The van der Waals surface area contributed by atoms with Crippen molar-refractivity contribution in [1.82, 2.24) is 9.88 Å². The molecule has 2 rings (SSSR count). The van der Waals surface area contributed by atoms with Gasteiger partial charge in [0.05, 0.1) is 5.01 Å². The molecule has 2 aromatic rings. The maximum atomic E-state index is 10.1. The molecule has 0 radical (unpaired) electrons. The molecule has 0 saturated heterocycles. The first kappa shape index (κ1) is 12.8. The van der Waals surface area contributed by atoms with Crippen molar-refractivity contribution in [2.45, 2.75) is 6.92 Å². The summed E-state index contributed by atoms with van der Waals surface area (Å²) >= 11 is 1.35. The van der Waals surface area contributed by atoms with Crippen molar-refractivity contribution < 1.29 is 10.2 Å². The first-order chi connectivity index (χ1) is 8.49. The number of aromatic hydroxyl groups is 2. The lowest BCUT2D eigenvalue weighted by Crippen LogP contribution is -2.13. The maximum Gasteiger partial charge on any atom is 0.168 e. The molecule has 6 heteroatoms. The van der Waals surface area contributed by atoms with Crippen LogP contribution in [0, 0.1) is 6.92 Å². The fourth-order valence-corrected chi connectivity index (χ4v) is 2.38. The summed E-state index contributed by atoms with van der Waals surface area (Å²) in [5.74, 6) is 0.118. The van der Waals surface area contributed by atoms with Crippen LogP contribution >= 0.6 is 11.3 Å². The number of nitrogens with zero attached hydrogens (tertiary/aromatic N) is 3. The van der Waals surface area contributed by atoms with Gasteiger partial charge in [-0.25, -0.2) is 4.98 Å². The summed E-state index contributed by atoms with van der Waals surface area (Å²) in [4.78, 5) is 10.3. The van der Waals surface area contributed by atoms with E-state index in [1.165, 1.54) is 17.4 Å². The largest absolute Gasteiger partial charge is 0.506 e. The van der Waals surface area contributed by atoms with Crippen molar-refractivity contribution in [2.24, 2.45) is 4.99 Å². The Labute approximate surface area is 109 Å². The minimum atomic E-state index is 0.0159. The van der Waals surface area contributed by atoms with Crippen molar-refractivity contribution in [2.75, 3.05) is 20.6 Å². The van der Waals surface area contributed by atoms with Gasteiger partial charge in [-0.3, -0.25) is 4.99 Å². The highest BCUT2D eigenvalue weighted by Gasteiger charge is 2.14. The van der Waals surface area contributed by atoms with Gasteiger partial charge in [-0.15, -0.1) is 11.3 Å². The van der Waals surface area contributed by atoms with Crippen LogP contribution < -0.4 is 0 Å². The number of phenolic OH excluding ortho intramolecular Hbond substituents is 2. The second-order valence-electron chi connectivity index (χ2n) is 4.25. The Kier molecular flexibility index (Phi) is 3.49. The van der Waals surface area contributed by atoms with Crippen LogP contribution in [0.25, 0.3) is 10.2 Å². The molecule has 0 unspecified atom stereocenters. The number of rotatable bonds is 3. The molecule has 18 heavy (non-hydrogen) atoms. The lowest BCUT2D eigenvalue weighted by molar-refractivity contribution is 0.469. The van der Waals surface area contributed by atoms with Gasteiger partial charge in [-0.2, -0.15) is 0 Å². The van der Waals surface area contributed by atoms with Crippen LogP contribution in [-0.2, 0) is 0 Å². The molecule has 0 saturated carbocycles. The van der Waals surface area contributed by atoms with E-state index in [0.717, 1.165) is 5.01 Å². The Morgan fingerprint density at radius 2 is 2.17 bits per heavy atom. The Morgan fingerprint density at radius 1 is 1.44 bits per heavy atom. The van der Waals surface area contributed by atoms with Gasteiger partial charge in [0.2, 0.25) is 0 Å². The van der Waals surface area contributed by atoms with E-state index < -0.39 is 0 Å². The van der Waals surface area contributed by atoms with Crippen LogP contribution in [-0.4, -0.2) is 47.0 Å². The summed E-state index contributed by atoms with van der Waals surface area (Å²) < 4.78 is 0.594. The molecule has 0 aliphatic heterocycles. The number of aromatic nitrogens is 1. The zero-order valence-corrected chi connectivity index (χ0v) is 11.3. The standard InChI is InChI=1S/C12H15N3O2S/c1-7-14-10-11(17)8(13-4-5-15(2)3)6-9(16)12(10)18-7/h4,6,16-17H,5H2,1-3H3. The van der Waals surface area contributed by atoms with Crippen LogP contribution in [0.5, 0.6) is 11.5 Å². The van der Waals surface area contributed by atoms with Gasteiger partial charge in [-0.05, 0) is 21.0 Å². The molecule has 0 bridgehead atoms. The second kappa shape index (κ2) is 4.91. The lowest BCUT2D eigenvalue weighted by atomic mass is 10.2. The summed E-state index contributed by atoms with van der Waals surface area (Å²) in [6.45, 7) is 2.49. The molecule has 1 heterocycles. The number of aliphatic imine (C=N–C) groups is 1. The van der Waals surface area contributed by atoms with Gasteiger partial charge in [0.15, 0.2) is 5.75 Å². The van der Waals surface area contributed by atoms with E-state index in [2.05, 4.69) is 9.98 Å². The molecule has 0 amide bonds. The molecule has 0 aliphatic carbocycles. The average Bonchev–Trinajstić information content (AvgIpc) is 2.67. The van der Waals surface area contributed by atoms with Crippen LogP contribution in [0.1, 0.15) is 5.01 Å². The van der Waals surface area contributed by atoms with Gasteiger partial charge in [0, 0.05) is 18.8 Å². The van der Waals surface area contributed by atoms with E-state index in [1.807, 2.05) is 25.9 Å². The summed E-state index contributed by atoms with van der Waals surface area (Å²) in [6, 6.07) is 1.46. The van der Waals surface area contributed by atoms with Crippen molar-refractivity contribution in [3.8, 4) is 11.5 Å². The topological polar surface area (TPSA) is 69.0 Å². The Bertz CT molecular complexity index is 605. The molecule has 0 atom stereocenters. The first-order valence-corrected chi connectivity index (χ1v) is 6.30. The minimum absolute atomic E-state index is 0.0159. The predicted octanol–water partition coefficient (Wildman–Crippen LogP) is 2.28. The average molecular weight is 265 g/mol. The van der Waals surface area contributed by atoms with Gasteiger partial charge in [0.25, 0.3) is 0 Å². The zero-order valence-electron chi connectivity index (χ0n) is 10.5. The van der Waals surface area contributed by atoms with Crippen molar-refractivity contribution in [3.63, 3.8) is 0 Å². The van der Waals surface area contributed by atoms with Gasteiger partial charge in [0.1, 0.15) is 21.7 Å². The third-order valence-corrected chi connectivity index (χ3v) is 3.38. The SMILES string of the molecule is Cc1nc2c(O)c(N=CCN(C)C)cc(O)c2s1. The van der Waals surface area contributed by atoms with E-state index in [1.54, 1.807) is 6.21 Å². The Balaban J connectivity index is 2.46. The molecule has 1 aromatic carbocycles. The fraction of sp³-hybridized carbons (Fsp3) is 0.333. The summed E-state index contributed by atoms with van der Waals surface area (Å²) in [7, 11) is 3.85. The number of phenols is 2. The first-order valence-electron chi connectivity index (χ1n) is 5.48. The molecule has 5 nitrogen and oxygen atoms in total. The normalized spacial score (nSPS) is 12.0. The van der Waals surface area contributed by atoms with Crippen LogP contribution in [0.3, 0.4) is 0 Å². The summed E-state index contributed by atoms with van der Waals surface area (Å²) in [5, 5.41) is 20.7. The number of benzene rings is 1. The number of aryl methyl sites for hydroxylation is 1. The van der Waals surface area contributed by atoms with Gasteiger partial charge < -0.3 is 15.1 Å². The minimum Gasteiger partial charge on any atom is -0.506 e. The van der Waals surface area contributed by atoms with Crippen LogP contribution in [0.15, 0.2) is 11.1 Å². The van der Waals surface area contributed by atoms with Gasteiger partial charge in [-0.1, -0.05) is 0 Å². The predicted molar refractivity (Wildman–Crippen MR) is 74.4 cm³/mol. The third kappa shape index (κ3) is 2.44. The quantitative estimate of drug-likeness (QED) is 0.660. The zero-order chi connectivity index (χ0) is 13.3. The van der Waals surface area contributed by atoms with E-state index in [9.17, 15) is 10.2 Å². The van der Waals surface area contributed by atoms with Crippen molar-refractivity contribution in [3.05, 3.63) is 11.1 Å². The highest BCUT2D eigenvalue weighted by molar-refractivity contribution is 7.19. The number of hydrogen-bond donors (Lipinski definition) is 2. The van der Waals surface area contributed by atoms with E-state index in [0.29, 0.717) is 22.4 Å². The fourth-order valence-electron chi connectivity index (χ4n) is 1.55. The summed E-state index contributed by atoms with van der Waals surface area (Å²) in [5.41, 5.74) is 0.752. The second-order valence-corrected chi connectivity index (χ2v) is 5.45. The maximum absolute atomic E-state index is 10.1. The highest BCUT2D eigenvalue weighted by atomic mass is 32.1. The molecule has 2 N–H and O–H groups in total. The molecule has 0 fully saturated rings. The molecule has 0 aliphatic rings. The molecule has 96 valence electrons. The Morgan fingerprint density at radius 3 is 2.83 bits per heavy atom. The number of hydrogen-bond acceptors (Lipinski definition) is 6. The lowest BCUT2D eigenvalue weighted by Gasteiger charge is -2.04. The smallest absolute Gasteiger partial charge is 0.168 e. The monoisotopic (exact) mass is 265 g/mol. The molecular weight excluding hydrogens is 250 g/mol. The van der Waals surface area contributed by atoms with Crippen molar-refractivity contribution in [1.29, 1.82) is 0 Å². The number of fused-ring (bicyclic) bond motifs is 1. The molecule has 0 spiro atoms. The van der Waals surface area contributed by atoms with E-state index in [4.69, 9.17) is 0 Å². The van der Waals surface area contributed by atoms with Crippen LogP contribution in [0.4, 0.5) is 5.69 Å². The van der Waals surface area contributed by atoms with Gasteiger partial charge >= 0.3 is 0 Å².